The first-order chi connectivity index (χ1) is 8.60. The lowest BCUT2D eigenvalue weighted by Gasteiger charge is -2.08. The van der Waals surface area contributed by atoms with Crippen molar-refractivity contribution in [2.45, 2.75) is 6.92 Å². The Kier molecular flexibility index (Phi) is 3.41. The molecule has 2 aromatic rings. The molecule has 2 rings (SSSR count). The van der Waals surface area contributed by atoms with Gasteiger partial charge in [-0.25, -0.2) is 8.78 Å². The van der Waals surface area contributed by atoms with Gasteiger partial charge in [0.1, 0.15) is 5.75 Å². The number of nitrogens with zero attached hydrogens (tertiary/aromatic N) is 1. The van der Waals surface area contributed by atoms with E-state index in [0.717, 1.165) is 11.6 Å². The number of rotatable bonds is 3. The van der Waals surface area contributed by atoms with Crippen molar-refractivity contribution >= 4 is 5.82 Å². The molecule has 0 fully saturated rings. The van der Waals surface area contributed by atoms with E-state index in [1.54, 1.807) is 12.1 Å². The van der Waals surface area contributed by atoms with Crippen LogP contribution in [0.15, 0.2) is 30.3 Å². The topological polar surface area (TPSA) is 34.2 Å². The van der Waals surface area contributed by atoms with Gasteiger partial charge in [-0.1, -0.05) is 17.7 Å². The lowest BCUT2D eigenvalue weighted by atomic mass is 10.2. The number of halogens is 2. The second-order valence-electron chi connectivity index (χ2n) is 3.77. The molecule has 0 atom stereocenters. The van der Waals surface area contributed by atoms with Crippen molar-refractivity contribution in [3.8, 4) is 11.6 Å². The molecule has 0 saturated carbocycles. The van der Waals surface area contributed by atoms with E-state index in [-0.39, 0.29) is 11.7 Å². The van der Waals surface area contributed by atoms with Gasteiger partial charge in [-0.3, -0.25) is 0 Å². The molecule has 1 aromatic heterocycles. The molecule has 0 radical (unpaired) electrons. The van der Waals surface area contributed by atoms with Crippen molar-refractivity contribution in [1.82, 2.24) is 4.98 Å². The van der Waals surface area contributed by atoms with Gasteiger partial charge < -0.3 is 10.1 Å². The Morgan fingerprint density at radius 1 is 1.11 bits per heavy atom. The fourth-order valence-electron chi connectivity index (χ4n) is 1.41. The quantitative estimate of drug-likeness (QED) is 0.905. The van der Waals surface area contributed by atoms with E-state index >= 15 is 0 Å². The predicted molar refractivity (Wildman–Crippen MR) is 65.0 cm³/mol. The fraction of sp³-hybridized carbons (Fsp3) is 0.154. The van der Waals surface area contributed by atoms with Crippen molar-refractivity contribution in [2.24, 2.45) is 0 Å². The number of pyridine rings is 1. The van der Waals surface area contributed by atoms with Gasteiger partial charge in [0, 0.05) is 13.1 Å². The maximum Gasteiger partial charge on any atom is 0.258 e. The molecule has 5 heteroatoms. The molecule has 94 valence electrons. The molecule has 0 spiro atoms. The highest BCUT2D eigenvalue weighted by Crippen LogP contribution is 2.25. The van der Waals surface area contributed by atoms with Gasteiger partial charge in [0.2, 0.25) is 0 Å². The van der Waals surface area contributed by atoms with Crippen LogP contribution < -0.4 is 10.1 Å². The number of nitrogens with one attached hydrogen (secondary N) is 1. The molecule has 1 heterocycles. The fourth-order valence-corrected chi connectivity index (χ4v) is 1.41. The largest absolute Gasteiger partial charge is 0.436 e. The molecule has 1 N–H and O–H groups in total. The monoisotopic (exact) mass is 250 g/mol. The zero-order valence-electron chi connectivity index (χ0n) is 10.00. The molecule has 0 amide bonds. The molecular formula is C13H12F2N2O. The first kappa shape index (κ1) is 12.3. The molecule has 0 bridgehead atoms. The van der Waals surface area contributed by atoms with Crippen LogP contribution in [0, 0.1) is 18.6 Å². The summed E-state index contributed by atoms with van der Waals surface area (Å²) in [4.78, 5) is 3.72. The first-order valence-electron chi connectivity index (χ1n) is 5.38. The minimum atomic E-state index is -0.841. The van der Waals surface area contributed by atoms with Crippen LogP contribution in [0.5, 0.6) is 11.6 Å². The summed E-state index contributed by atoms with van der Waals surface area (Å²) in [5.74, 6) is -1.47. The minimum absolute atomic E-state index is 0.0569. The second-order valence-corrected chi connectivity index (χ2v) is 3.77. The first-order valence-corrected chi connectivity index (χ1v) is 5.38. The third kappa shape index (κ3) is 2.56. The van der Waals surface area contributed by atoms with Gasteiger partial charge in [0.25, 0.3) is 5.88 Å². The number of ether oxygens (including phenoxy) is 1. The Hall–Kier alpha value is -2.17. The van der Waals surface area contributed by atoms with Gasteiger partial charge in [-0.05, 0) is 19.1 Å². The van der Waals surface area contributed by atoms with Crippen LogP contribution in [0.4, 0.5) is 14.6 Å². The van der Waals surface area contributed by atoms with Crippen LogP contribution in [0.25, 0.3) is 0 Å². The maximum atomic E-state index is 13.5. The Bertz CT molecular complexity index is 556. The van der Waals surface area contributed by atoms with E-state index in [9.17, 15) is 8.78 Å². The number of aromatic nitrogens is 1. The van der Waals surface area contributed by atoms with Gasteiger partial charge >= 0.3 is 0 Å². The number of hydrogen-bond donors (Lipinski definition) is 1. The highest BCUT2D eigenvalue weighted by molar-refractivity contribution is 5.40. The van der Waals surface area contributed by atoms with Crippen LogP contribution >= 0.6 is 0 Å². The van der Waals surface area contributed by atoms with Crippen molar-refractivity contribution in [3.05, 3.63) is 47.5 Å². The average molecular weight is 250 g/mol. The molecule has 0 aliphatic carbocycles. The third-order valence-electron chi connectivity index (χ3n) is 2.37. The molecule has 0 aliphatic rings. The average Bonchev–Trinajstić information content (AvgIpc) is 2.35. The second kappa shape index (κ2) is 5.00. The molecule has 0 saturated heterocycles. The molecule has 0 unspecified atom stereocenters. The predicted octanol–water partition coefficient (Wildman–Crippen LogP) is 3.50. The zero-order valence-corrected chi connectivity index (χ0v) is 10.00. The van der Waals surface area contributed by atoms with Crippen molar-refractivity contribution in [1.29, 1.82) is 0 Å². The van der Waals surface area contributed by atoms with Crippen molar-refractivity contribution in [3.63, 3.8) is 0 Å². The summed E-state index contributed by atoms with van der Waals surface area (Å²) in [6, 6.07) is 7.78. The van der Waals surface area contributed by atoms with E-state index in [2.05, 4.69) is 10.3 Å². The third-order valence-corrected chi connectivity index (χ3v) is 2.37. The Labute approximate surface area is 103 Å². The molecule has 0 aliphatic heterocycles. The summed E-state index contributed by atoms with van der Waals surface area (Å²) in [6.07, 6.45) is 0. The number of aryl methyl sites for hydroxylation is 1. The van der Waals surface area contributed by atoms with E-state index in [0.29, 0.717) is 5.75 Å². The summed E-state index contributed by atoms with van der Waals surface area (Å²) in [5.41, 5.74) is 1.06. The molecular weight excluding hydrogens is 238 g/mol. The highest BCUT2D eigenvalue weighted by atomic mass is 19.1. The van der Waals surface area contributed by atoms with E-state index < -0.39 is 11.6 Å². The summed E-state index contributed by atoms with van der Waals surface area (Å²) < 4.78 is 31.9. The molecule has 3 nitrogen and oxygen atoms in total. The van der Waals surface area contributed by atoms with Crippen LogP contribution in [-0.2, 0) is 0 Å². The smallest absolute Gasteiger partial charge is 0.258 e. The lowest BCUT2D eigenvalue weighted by Crippen LogP contribution is -2.00. The van der Waals surface area contributed by atoms with Crippen LogP contribution in [0.1, 0.15) is 5.56 Å². The van der Waals surface area contributed by atoms with Crippen molar-refractivity contribution in [2.75, 3.05) is 12.4 Å². The number of benzene rings is 1. The van der Waals surface area contributed by atoms with Crippen LogP contribution in [0.3, 0.4) is 0 Å². The maximum absolute atomic E-state index is 13.5. The normalized spacial score (nSPS) is 10.2. The number of hydrogen-bond acceptors (Lipinski definition) is 3. The van der Waals surface area contributed by atoms with Crippen molar-refractivity contribution < 1.29 is 13.5 Å². The summed E-state index contributed by atoms with van der Waals surface area (Å²) in [7, 11) is 1.50. The standard InChI is InChI=1S/C13H12F2N2O/c1-8-3-5-9(6-4-8)18-13-11(15)7-10(14)12(16-2)17-13/h3-7H,1-2H3,(H,16,17). The van der Waals surface area contributed by atoms with Gasteiger partial charge in [-0.2, -0.15) is 4.98 Å². The Balaban J connectivity index is 2.31. The Morgan fingerprint density at radius 3 is 2.39 bits per heavy atom. The minimum Gasteiger partial charge on any atom is -0.436 e. The van der Waals surface area contributed by atoms with E-state index in [4.69, 9.17) is 4.74 Å². The van der Waals surface area contributed by atoms with Crippen LogP contribution in [0.2, 0.25) is 0 Å². The summed E-state index contributed by atoms with van der Waals surface area (Å²) >= 11 is 0. The van der Waals surface area contributed by atoms with Gasteiger partial charge in [0.05, 0.1) is 0 Å². The number of anilines is 1. The van der Waals surface area contributed by atoms with E-state index in [1.165, 1.54) is 7.05 Å². The van der Waals surface area contributed by atoms with Gasteiger partial charge in [0.15, 0.2) is 17.5 Å². The zero-order chi connectivity index (χ0) is 13.1. The Morgan fingerprint density at radius 2 is 1.78 bits per heavy atom. The summed E-state index contributed by atoms with van der Waals surface area (Å²) in [5, 5.41) is 2.52. The lowest BCUT2D eigenvalue weighted by molar-refractivity contribution is 0.418. The molecule has 18 heavy (non-hydrogen) atoms. The SMILES string of the molecule is CNc1nc(Oc2ccc(C)cc2)c(F)cc1F. The van der Waals surface area contributed by atoms with Gasteiger partial charge in [-0.15, -0.1) is 0 Å². The van der Waals surface area contributed by atoms with E-state index in [1.807, 2.05) is 19.1 Å². The molecule has 1 aromatic carbocycles. The summed E-state index contributed by atoms with van der Waals surface area (Å²) in [6.45, 7) is 1.93. The van der Waals surface area contributed by atoms with Crippen LogP contribution in [-0.4, -0.2) is 12.0 Å². The highest BCUT2D eigenvalue weighted by Gasteiger charge is 2.12.